The van der Waals surface area contributed by atoms with Crippen LogP contribution in [0.2, 0.25) is 15.1 Å². The Bertz CT molecular complexity index is 3670. The number of nitrogens with zero attached hydrogens (tertiary/aromatic N) is 1. The molecule has 0 aliphatic rings. The van der Waals surface area contributed by atoms with Crippen molar-refractivity contribution in [3.05, 3.63) is 228 Å². The van der Waals surface area contributed by atoms with Crippen LogP contribution in [-0.4, -0.2) is 85.6 Å². The monoisotopic (exact) mass is 1390 g/mol. The number of hydrogen-bond acceptors (Lipinski definition) is 12. The molecule has 15 nitrogen and oxygen atoms in total. The summed E-state index contributed by atoms with van der Waals surface area (Å²) < 4.78 is 16.8. The van der Waals surface area contributed by atoms with Gasteiger partial charge in [0.05, 0.1) is 50.4 Å². The number of alkyl halides is 2. The van der Waals surface area contributed by atoms with Crippen LogP contribution in [0.3, 0.4) is 0 Å². The molecule has 0 aromatic heterocycles. The third kappa shape index (κ3) is 27.7. The second-order valence-electron chi connectivity index (χ2n) is 22.9. The summed E-state index contributed by atoms with van der Waals surface area (Å²) in [6, 6.07) is 48.8. The number of carbonyl (C=O) groups is 7. The molecule has 0 bridgehead atoms. The van der Waals surface area contributed by atoms with Gasteiger partial charge in [0, 0.05) is 93.4 Å². The van der Waals surface area contributed by atoms with E-state index in [2.05, 4.69) is 22.0 Å². The summed E-state index contributed by atoms with van der Waals surface area (Å²) in [5, 5.41) is 18.1. The Morgan fingerprint density at radius 1 is 0.432 bits per heavy atom. The van der Waals surface area contributed by atoms with Crippen LogP contribution >= 0.6 is 58.0 Å². The van der Waals surface area contributed by atoms with Gasteiger partial charge in [-0.3, -0.25) is 33.6 Å². The normalized spacial score (nSPS) is 11.5. The lowest BCUT2D eigenvalue weighted by Gasteiger charge is -2.16. The van der Waals surface area contributed by atoms with Crippen molar-refractivity contribution in [2.45, 2.75) is 118 Å². The van der Waals surface area contributed by atoms with Crippen molar-refractivity contribution in [3.63, 3.8) is 0 Å². The standard InChI is InChI=1S/C30H32ClNO4.C22H27ClN2O3.C22H23ClN2O3.CH2Cl2/c1-20(2)36-29-16-14-24(18-26(29)31)28(34)19-25(30(35)32-3)17-22-11-9-21(10-12-22)13-15-27(33)23-7-5-4-6-8-23;2*1-14(2)28-21-9-8-17(11-19(21)23)20(26)12-18(22(27)25-3)10-15-4-6-16(13-24)7-5-15;2-1-3/h4-12,14,16,18,20,25H,13,15,17,19H2,1-3H3,(H,32,35);4-9,11,14,18H,10,12-13,24H2,1-3H3,(H,25,27);4-9,11,14,18H,10,12H2,1-3H3,(H,25,27);1H2/t25-;2*18-;/m111./s1. The van der Waals surface area contributed by atoms with Crippen LogP contribution in [0.4, 0.5) is 0 Å². The number of ether oxygens (including phenoxy) is 3. The Hall–Kier alpha value is -8.07. The SMILES string of the molecule is CNC(=O)[C@@H](CC(=O)c1ccc(OC(C)C)c(Cl)c1)Cc1ccc(C#N)cc1.CNC(=O)[C@@H](CC(=O)c1ccc(OC(C)C)c(Cl)c1)Cc1ccc(CCC(=O)c2ccccc2)cc1.CNC(=O)[C@@H](CC(=O)c1ccc(OC(C)C)c(Cl)c1)Cc1ccc(CN)cc1.ClCCl. The molecule has 0 unspecified atom stereocenters. The molecule has 0 aliphatic carbocycles. The third-order valence-electron chi connectivity index (χ3n) is 14.5. The van der Waals surface area contributed by atoms with E-state index in [1.807, 2.05) is 120 Å². The Morgan fingerprint density at radius 2 is 0.737 bits per heavy atom. The van der Waals surface area contributed by atoms with Crippen LogP contribution in [0.5, 0.6) is 17.2 Å². The molecule has 0 saturated carbocycles. The summed E-state index contributed by atoms with van der Waals surface area (Å²) in [6.45, 7) is 11.9. The lowest BCUT2D eigenvalue weighted by Crippen LogP contribution is -2.30. The van der Waals surface area contributed by atoms with Gasteiger partial charge in [0.15, 0.2) is 23.1 Å². The fraction of sp³-hybridized carbons (Fsp3) is 0.333. The molecule has 7 aromatic rings. The number of benzene rings is 7. The molecule has 0 saturated heterocycles. The summed E-state index contributed by atoms with van der Waals surface area (Å²) in [7, 11) is 4.70. The van der Waals surface area contributed by atoms with Gasteiger partial charge in [-0.25, -0.2) is 0 Å². The number of carbonyl (C=O) groups excluding carboxylic acids is 7. The maximum Gasteiger partial charge on any atom is 0.223 e. The molecule has 7 rings (SSSR count). The van der Waals surface area contributed by atoms with E-state index < -0.39 is 17.8 Å². The zero-order valence-electron chi connectivity index (χ0n) is 55.0. The second kappa shape index (κ2) is 41.7. The number of Topliss-reactive ketones (excluding diaryl/α,β-unsaturated/α-hetero) is 4. The first kappa shape index (κ1) is 79.4. The van der Waals surface area contributed by atoms with Gasteiger partial charge in [-0.15, -0.1) is 23.2 Å². The van der Waals surface area contributed by atoms with Crippen molar-refractivity contribution in [3.8, 4) is 23.3 Å². The molecule has 20 heteroatoms. The highest BCUT2D eigenvalue weighted by Crippen LogP contribution is 2.31. The molecule has 0 fully saturated rings. The molecule has 3 atom stereocenters. The largest absolute Gasteiger partial charge is 0.489 e. The maximum atomic E-state index is 13.0. The summed E-state index contributed by atoms with van der Waals surface area (Å²) in [5.41, 5.74) is 13.1. The smallest absolute Gasteiger partial charge is 0.223 e. The van der Waals surface area contributed by atoms with E-state index in [1.165, 1.54) is 0 Å². The fourth-order valence-electron chi connectivity index (χ4n) is 9.73. The molecule has 5 N–H and O–H groups in total. The lowest BCUT2D eigenvalue weighted by molar-refractivity contribution is -0.125. The van der Waals surface area contributed by atoms with Crippen LogP contribution in [0, 0.1) is 29.1 Å². The highest BCUT2D eigenvalue weighted by molar-refractivity contribution is 6.40. The van der Waals surface area contributed by atoms with Crippen molar-refractivity contribution < 1.29 is 47.8 Å². The predicted octanol–water partition coefficient (Wildman–Crippen LogP) is 15.5. The van der Waals surface area contributed by atoms with Gasteiger partial charge in [0.1, 0.15) is 17.2 Å². The molecule has 0 heterocycles. The number of aryl methyl sites for hydroxylation is 1. The molecule has 0 aliphatic heterocycles. The Morgan fingerprint density at radius 3 is 1.02 bits per heavy atom. The van der Waals surface area contributed by atoms with Gasteiger partial charge in [-0.05, 0) is 162 Å². The third-order valence-corrected chi connectivity index (χ3v) is 15.4. The average Bonchev–Trinajstić information content (AvgIpc) is 0.897. The van der Waals surface area contributed by atoms with Crippen LogP contribution in [0.1, 0.15) is 142 Å². The molecular formula is C75H84Cl5N5O10. The van der Waals surface area contributed by atoms with Gasteiger partial charge < -0.3 is 35.9 Å². The highest BCUT2D eigenvalue weighted by Gasteiger charge is 2.26. The number of hydrogen-bond donors (Lipinski definition) is 4. The Labute approximate surface area is 583 Å². The van der Waals surface area contributed by atoms with Gasteiger partial charge in [-0.2, -0.15) is 5.26 Å². The summed E-state index contributed by atoms with van der Waals surface area (Å²) in [4.78, 5) is 88.0. The summed E-state index contributed by atoms with van der Waals surface area (Å²) in [6.07, 6.45) is 2.52. The van der Waals surface area contributed by atoms with E-state index in [0.717, 1.165) is 33.4 Å². The number of nitrogens with one attached hydrogen (secondary N) is 3. The average molecular weight is 1390 g/mol. The number of nitrogens with two attached hydrogens (primary N) is 1. The second-order valence-corrected chi connectivity index (χ2v) is 24.9. The van der Waals surface area contributed by atoms with Crippen molar-refractivity contribution in [1.82, 2.24) is 16.0 Å². The van der Waals surface area contributed by atoms with Crippen LogP contribution in [0.25, 0.3) is 0 Å². The minimum Gasteiger partial charge on any atom is -0.489 e. The van der Waals surface area contributed by atoms with Crippen LogP contribution < -0.4 is 35.9 Å². The van der Waals surface area contributed by atoms with Gasteiger partial charge in [0.25, 0.3) is 0 Å². The maximum absolute atomic E-state index is 13.0. The van der Waals surface area contributed by atoms with E-state index in [-0.39, 0.29) is 83.8 Å². The predicted molar refractivity (Wildman–Crippen MR) is 380 cm³/mol. The van der Waals surface area contributed by atoms with Gasteiger partial charge in [-0.1, -0.05) is 126 Å². The highest BCUT2D eigenvalue weighted by atomic mass is 35.5. The number of amides is 3. The minimum absolute atomic E-state index is 0.0117. The molecular weight excluding hydrogens is 1310 g/mol. The number of ketones is 4. The fourth-order valence-corrected chi connectivity index (χ4v) is 10.4. The first-order chi connectivity index (χ1) is 45.3. The minimum atomic E-state index is -0.518. The van der Waals surface area contributed by atoms with Gasteiger partial charge in [0.2, 0.25) is 17.7 Å². The Kier molecular flexibility index (Phi) is 34.8. The quantitative estimate of drug-likeness (QED) is 0.0253. The first-order valence-corrected chi connectivity index (χ1v) is 33.2. The van der Waals surface area contributed by atoms with Crippen LogP contribution in [0.15, 0.2) is 158 Å². The number of nitriles is 1. The van der Waals surface area contributed by atoms with E-state index in [4.69, 9.17) is 83.2 Å². The molecule has 3 amide bonds. The number of rotatable bonds is 29. The van der Waals surface area contributed by atoms with E-state index in [0.29, 0.717) is 93.2 Å². The van der Waals surface area contributed by atoms with E-state index in [9.17, 15) is 33.6 Å². The first-order valence-electron chi connectivity index (χ1n) is 31.0. The molecule has 0 spiro atoms. The van der Waals surface area contributed by atoms with Gasteiger partial charge >= 0.3 is 0 Å². The zero-order valence-corrected chi connectivity index (χ0v) is 58.8. The molecule has 504 valence electrons. The number of halogens is 5. The van der Waals surface area contributed by atoms with Crippen molar-refractivity contribution in [2.24, 2.45) is 23.5 Å². The zero-order chi connectivity index (χ0) is 70.1. The summed E-state index contributed by atoms with van der Waals surface area (Å²) in [5.74, 6) is -0.815. The van der Waals surface area contributed by atoms with Crippen molar-refractivity contribution >= 4 is 98.9 Å². The van der Waals surface area contributed by atoms with E-state index in [1.54, 1.807) is 100 Å². The molecule has 0 radical (unpaired) electrons. The topological polar surface area (TPSA) is 233 Å². The summed E-state index contributed by atoms with van der Waals surface area (Å²) >= 11 is 28.3. The Balaban J connectivity index is 0.000000300. The van der Waals surface area contributed by atoms with Crippen molar-refractivity contribution in [1.29, 1.82) is 5.26 Å². The van der Waals surface area contributed by atoms with Crippen LogP contribution in [-0.2, 0) is 46.6 Å². The molecule has 7 aromatic carbocycles. The lowest BCUT2D eigenvalue weighted by atomic mass is 9.90. The molecule has 95 heavy (non-hydrogen) atoms. The van der Waals surface area contributed by atoms with E-state index >= 15 is 0 Å². The van der Waals surface area contributed by atoms with Crippen molar-refractivity contribution in [2.75, 3.05) is 26.5 Å².